The molecular formula is C28H24N2O2. The minimum absolute atomic E-state index is 0.357. The van der Waals surface area contributed by atoms with Crippen molar-refractivity contribution < 1.29 is 9.90 Å². The van der Waals surface area contributed by atoms with E-state index in [1.807, 2.05) is 42.5 Å². The standard InChI is InChI=1S/C28H24N2O2/c1-18(2)24-15-23-7-4-12-30-27(23)25(16-24)21-5-3-6-22(14-21)26(28(31)32)13-19-8-10-20(17-29)11-9-19/h3-12,14-16,18,26H,13H2,1-2H3,(H,31,32). The van der Waals surface area contributed by atoms with Crippen LogP contribution in [-0.2, 0) is 11.2 Å². The zero-order valence-corrected chi connectivity index (χ0v) is 18.1. The van der Waals surface area contributed by atoms with Gasteiger partial charge in [-0.1, -0.05) is 56.3 Å². The number of hydrogen-bond acceptors (Lipinski definition) is 3. The Morgan fingerprint density at radius 3 is 2.47 bits per heavy atom. The van der Waals surface area contributed by atoms with Gasteiger partial charge in [-0.2, -0.15) is 5.26 Å². The zero-order chi connectivity index (χ0) is 22.7. The molecule has 4 nitrogen and oxygen atoms in total. The van der Waals surface area contributed by atoms with Gasteiger partial charge in [-0.05, 0) is 64.9 Å². The van der Waals surface area contributed by atoms with E-state index in [1.54, 1.807) is 18.3 Å². The number of pyridine rings is 1. The molecule has 32 heavy (non-hydrogen) atoms. The summed E-state index contributed by atoms with van der Waals surface area (Å²) < 4.78 is 0. The van der Waals surface area contributed by atoms with Crippen LogP contribution in [0.5, 0.6) is 0 Å². The van der Waals surface area contributed by atoms with E-state index in [9.17, 15) is 9.90 Å². The number of hydrogen-bond donors (Lipinski definition) is 1. The summed E-state index contributed by atoms with van der Waals surface area (Å²) in [6.45, 7) is 4.32. The second kappa shape index (κ2) is 9.03. The Morgan fingerprint density at radius 2 is 1.78 bits per heavy atom. The summed E-state index contributed by atoms with van der Waals surface area (Å²) in [6.07, 6.45) is 2.14. The maximum Gasteiger partial charge on any atom is 0.311 e. The zero-order valence-electron chi connectivity index (χ0n) is 18.1. The molecule has 1 unspecified atom stereocenters. The number of carbonyl (C=O) groups is 1. The molecule has 0 saturated heterocycles. The van der Waals surface area contributed by atoms with E-state index < -0.39 is 11.9 Å². The minimum Gasteiger partial charge on any atom is -0.481 e. The molecule has 0 saturated carbocycles. The van der Waals surface area contributed by atoms with Gasteiger partial charge in [-0.25, -0.2) is 0 Å². The van der Waals surface area contributed by atoms with Crippen LogP contribution >= 0.6 is 0 Å². The Kier molecular flexibility index (Phi) is 6.00. The average molecular weight is 421 g/mol. The molecule has 0 amide bonds. The number of rotatable bonds is 6. The Balaban J connectivity index is 1.77. The molecule has 0 radical (unpaired) electrons. The number of benzene rings is 3. The van der Waals surface area contributed by atoms with Crippen molar-refractivity contribution >= 4 is 16.9 Å². The lowest BCUT2D eigenvalue weighted by atomic mass is 9.88. The molecule has 1 aromatic heterocycles. The smallest absolute Gasteiger partial charge is 0.311 e. The molecule has 0 aliphatic rings. The Morgan fingerprint density at radius 1 is 1.00 bits per heavy atom. The van der Waals surface area contributed by atoms with E-state index in [2.05, 4.69) is 43.1 Å². The summed E-state index contributed by atoms with van der Waals surface area (Å²) >= 11 is 0. The summed E-state index contributed by atoms with van der Waals surface area (Å²) in [4.78, 5) is 16.8. The summed E-state index contributed by atoms with van der Waals surface area (Å²) in [5.41, 5.74) is 6.29. The highest BCUT2D eigenvalue weighted by Crippen LogP contribution is 2.33. The first-order valence-electron chi connectivity index (χ1n) is 10.7. The van der Waals surface area contributed by atoms with Crippen LogP contribution < -0.4 is 0 Å². The van der Waals surface area contributed by atoms with Crippen molar-refractivity contribution in [2.45, 2.75) is 32.1 Å². The number of carboxylic acid groups (broad SMARTS) is 1. The lowest BCUT2D eigenvalue weighted by Crippen LogP contribution is -2.14. The van der Waals surface area contributed by atoms with Gasteiger partial charge in [0.15, 0.2) is 0 Å². The summed E-state index contributed by atoms with van der Waals surface area (Å²) in [5, 5.41) is 20.0. The molecule has 0 spiro atoms. The predicted octanol–water partition coefficient (Wildman–Crippen LogP) is 6.31. The maximum absolute atomic E-state index is 12.2. The van der Waals surface area contributed by atoms with Crippen molar-refractivity contribution in [3.8, 4) is 17.2 Å². The summed E-state index contributed by atoms with van der Waals surface area (Å²) in [7, 11) is 0. The van der Waals surface area contributed by atoms with Crippen LogP contribution in [0.1, 0.15) is 47.9 Å². The molecule has 0 fully saturated rings. The summed E-state index contributed by atoms with van der Waals surface area (Å²) in [6, 6.07) is 25.3. The molecule has 158 valence electrons. The van der Waals surface area contributed by atoms with Gasteiger partial charge in [0.1, 0.15) is 0 Å². The molecular weight excluding hydrogens is 396 g/mol. The average Bonchev–Trinajstić information content (AvgIpc) is 2.82. The van der Waals surface area contributed by atoms with Crippen LogP contribution in [0.25, 0.3) is 22.0 Å². The van der Waals surface area contributed by atoms with Crippen LogP contribution in [-0.4, -0.2) is 16.1 Å². The third-order valence-electron chi connectivity index (χ3n) is 5.81. The highest BCUT2D eigenvalue weighted by molar-refractivity contribution is 5.94. The van der Waals surface area contributed by atoms with Gasteiger partial charge < -0.3 is 5.11 Å². The topological polar surface area (TPSA) is 74.0 Å². The predicted molar refractivity (Wildman–Crippen MR) is 127 cm³/mol. The van der Waals surface area contributed by atoms with Gasteiger partial charge in [0.05, 0.1) is 23.1 Å². The van der Waals surface area contributed by atoms with Crippen LogP contribution in [0.15, 0.2) is 79.0 Å². The van der Waals surface area contributed by atoms with Crippen LogP contribution in [0.4, 0.5) is 0 Å². The molecule has 4 rings (SSSR count). The first-order chi connectivity index (χ1) is 15.5. The van der Waals surface area contributed by atoms with Crippen molar-refractivity contribution in [3.05, 3.63) is 101 Å². The van der Waals surface area contributed by atoms with Crippen LogP contribution in [0.3, 0.4) is 0 Å². The largest absolute Gasteiger partial charge is 0.481 e. The second-order valence-electron chi connectivity index (χ2n) is 8.33. The molecule has 0 aliphatic carbocycles. The highest BCUT2D eigenvalue weighted by atomic mass is 16.4. The molecule has 1 N–H and O–H groups in total. The van der Waals surface area contributed by atoms with E-state index in [4.69, 9.17) is 5.26 Å². The first-order valence-corrected chi connectivity index (χ1v) is 10.7. The number of aliphatic carboxylic acids is 1. The van der Waals surface area contributed by atoms with Crippen LogP contribution in [0, 0.1) is 11.3 Å². The fraction of sp³-hybridized carbons (Fsp3) is 0.179. The normalized spacial score (nSPS) is 11.9. The quantitative estimate of drug-likeness (QED) is 0.397. The lowest BCUT2D eigenvalue weighted by molar-refractivity contribution is -0.138. The lowest BCUT2D eigenvalue weighted by Gasteiger charge is -2.16. The van der Waals surface area contributed by atoms with E-state index >= 15 is 0 Å². The third kappa shape index (κ3) is 4.38. The number of nitrogens with zero attached hydrogens (tertiary/aromatic N) is 2. The van der Waals surface area contributed by atoms with Gasteiger partial charge in [0, 0.05) is 17.1 Å². The van der Waals surface area contributed by atoms with Gasteiger partial charge in [0.2, 0.25) is 0 Å². The molecule has 1 heterocycles. The van der Waals surface area contributed by atoms with Crippen molar-refractivity contribution in [2.24, 2.45) is 0 Å². The van der Waals surface area contributed by atoms with E-state index in [1.165, 1.54) is 5.56 Å². The SMILES string of the molecule is CC(C)c1cc(-c2cccc(C(Cc3ccc(C#N)cc3)C(=O)O)c2)c2ncccc2c1. The maximum atomic E-state index is 12.2. The van der Waals surface area contributed by atoms with Gasteiger partial charge in [0.25, 0.3) is 0 Å². The minimum atomic E-state index is -0.870. The first kappa shape index (κ1) is 21.3. The van der Waals surface area contributed by atoms with Gasteiger partial charge in [-0.3, -0.25) is 9.78 Å². The van der Waals surface area contributed by atoms with Gasteiger partial charge >= 0.3 is 5.97 Å². The van der Waals surface area contributed by atoms with Crippen molar-refractivity contribution in [1.29, 1.82) is 5.26 Å². The number of carboxylic acids is 1. The van der Waals surface area contributed by atoms with E-state index in [0.717, 1.165) is 33.2 Å². The third-order valence-corrected chi connectivity index (χ3v) is 5.81. The molecule has 4 heteroatoms. The number of nitriles is 1. The fourth-order valence-electron chi connectivity index (χ4n) is 3.99. The molecule has 3 aromatic carbocycles. The summed E-state index contributed by atoms with van der Waals surface area (Å²) in [5.74, 6) is -1.19. The Hall–Kier alpha value is -3.97. The number of aromatic nitrogens is 1. The van der Waals surface area contributed by atoms with Gasteiger partial charge in [-0.15, -0.1) is 0 Å². The fourth-order valence-corrected chi connectivity index (χ4v) is 3.99. The molecule has 4 aromatic rings. The molecule has 0 aliphatic heterocycles. The van der Waals surface area contributed by atoms with Crippen LogP contribution in [0.2, 0.25) is 0 Å². The second-order valence-corrected chi connectivity index (χ2v) is 8.33. The monoisotopic (exact) mass is 420 g/mol. The van der Waals surface area contributed by atoms with Crippen molar-refractivity contribution in [1.82, 2.24) is 4.98 Å². The number of fused-ring (bicyclic) bond motifs is 1. The molecule has 1 atom stereocenters. The van der Waals surface area contributed by atoms with E-state index in [-0.39, 0.29) is 0 Å². The van der Waals surface area contributed by atoms with E-state index in [0.29, 0.717) is 17.9 Å². The Labute approximate surface area is 187 Å². The molecule has 0 bridgehead atoms. The highest BCUT2D eigenvalue weighted by Gasteiger charge is 2.21. The van der Waals surface area contributed by atoms with Crippen molar-refractivity contribution in [3.63, 3.8) is 0 Å². The Bertz CT molecular complexity index is 1320. The van der Waals surface area contributed by atoms with Crippen molar-refractivity contribution in [2.75, 3.05) is 0 Å².